The van der Waals surface area contributed by atoms with Gasteiger partial charge in [-0.25, -0.2) is 0 Å². The van der Waals surface area contributed by atoms with Crippen LogP contribution in [0.3, 0.4) is 0 Å². The van der Waals surface area contributed by atoms with E-state index in [0.29, 0.717) is 5.56 Å². The van der Waals surface area contributed by atoms with E-state index >= 15 is 0 Å². The Morgan fingerprint density at radius 1 is 1.12 bits per heavy atom. The Labute approximate surface area is 92.9 Å². The molecule has 1 aromatic rings. The van der Waals surface area contributed by atoms with E-state index in [1.165, 1.54) is 12.1 Å². The topological polar surface area (TPSA) is 20.2 Å². The molecule has 0 spiro atoms. The van der Waals surface area contributed by atoms with E-state index in [2.05, 4.69) is 0 Å². The molecule has 0 aromatic heterocycles. The normalized spacial score (nSPS) is 14.2. The van der Waals surface area contributed by atoms with Crippen LogP contribution in [0.25, 0.3) is 0 Å². The van der Waals surface area contributed by atoms with Crippen molar-refractivity contribution in [1.29, 1.82) is 0 Å². The summed E-state index contributed by atoms with van der Waals surface area (Å²) in [7, 11) is 0. The SMILES string of the molecule is CC(C)C(O)c1ccc(CC(F)(F)F)cc1. The third kappa shape index (κ3) is 3.85. The molecule has 1 aromatic carbocycles. The molecule has 1 unspecified atom stereocenters. The van der Waals surface area contributed by atoms with Crippen molar-refractivity contribution in [3.63, 3.8) is 0 Å². The fraction of sp³-hybridized carbons (Fsp3) is 0.500. The molecule has 0 aliphatic carbocycles. The van der Waals surface area contributed by atoms with E-state index in [9.17, 15) is 18.3 Å². The van der Waals surface area contributed by atoms with Gasteiger partial charge < -0.3 is 5.11 Å². The van der Waals surface area contributed by atoms with Crippen LogP contribution in [0.4, 0.5) is 13.2 Å². The first-order chi connectivity index (χ1) is 7.29. The number of aliphatic hydroxyl groups is 1. The second kappa shape index (κ2) is 4.87. The van der Waals surface area contributed by atoms with Gasteiger partial charge in [0.2, 0.25) is 0 Å². The van der Waals surface area contributed by atoms with Gasteiger partial charge in [0.25, 0.3) is 0 Å². The molecule has 16 heavy (non-hydrogen) atoms. The third-order valence-corrected chi connectivity index (χ3v) is 2.36. The number of aliphatic hydroxyl groups excluding tert-OH is 1. The van der Waals surface area contributed by atoms with Gasteiger partial charge in [-0.2, -0.15) is 13.2 Å². The minimum Gasteiger partial charge on any atom is -0.388 e. The zero-order chi connectivity index (χ0) is 12.3. The van der Waals surface area contributed by atoms with Crippen LogP contribution in [0.5, 0.6) is 0 Å². The standard InChI is InChI=1S/C12H15F3O/c1-8(2)11(16)10-5-3-9(4-6-10)7-12(13,14)15/h3-6,8,11,16H,7H2,1-2H3. The number of alkyl halides is 3. The lowest BCUT2D eigenvalue weighted by atomic mass is 9.98. The molecule has 90 valence electrons. The maximum atomic E-state index is 12.1. The van der Waals surface area contributed by atoms with Crippen molar-refractivity contribution in [2.45, 2.75) is 32.5 Å². The van der Waals surface area contributed by atoms with Crippen molar-refractivity contribution in [3.8, 4) is 0 Å². The van der Waals surface area contributed by atoms with Gasteiger partial charge in [0, 0.05) is 0 Å². The van der Waals surface area contributed by atoms with E-state index in [0.717, 1.165) is 0 Å². The summed E-state index contributed by atoms with van der Waals surface area (Å²) in [5.41, 5.74) is 0.869. The van der Waals surface area contributed by atoms with E-state index in [-0.39, 0.29) is 11.5 Å². The molecule has 0 bridgehead atoms. The second-order valence-corrected chi connectivity index (χ2v) is 4.22. The molecular weight excluding hydrogens is 217 g/mol. The minimum absolute atomic E-state index is 0.0495. The smallest absolute Gasteiger partial charge is 0.388 e. The van der Waals surface area contributed by atoms with E-state index < -0.39 is 18.7 Å². The molecule has 0 aliphatic heterocycles. The Morgan fingerprint density at radius 3 is 2.00 bits per heavy atom. The highest BCUT2D eigenvalue weighted by molar-refractivity contribution is 5.25. The highest BCUT2D eigenvalue weighted by Crippen LogP contribution is 2.24. The van der Waals surface area contributed by atoms with Crippen LogP contribution in [-0.2, 0) is 6.42 Å². The van der Waals surface area contributed by atoms with Gasteiger partial charge in [0.05, 0.1) is 12.5 Å². The average molecular weight is 232 g/mol. The summed E-state index contributed by atoms with van der Waals surface area (Å²) in [5.74, 6) is 0.0495. The molecule has 1 atom stereocenters. The predicted molar refractivity (Wildman–Crippen MR) is 56.0 cm³/mol. The fourth-order valence-electron chi connectivity index (χ4n) is 1.45. The van der Waals surface area contributed by atoms with Crippen molar-refractivity contribution < 1.29 is 18.3 Å². The molecule has 0 heterocycles. The summed E-state index contributed by atoms with van der Waals surface area (Å²) >= 11 is 0. The molecule has 0 fully saturated rings. The van der Waals surface area contributed by atoms with Crippen molar-refractivity contribution in [2.75, 3.05) is 0 Å². The van der Waals surface area contributed by atoms with Crippen LogP contribution >= 0.6 is 0 Å². The van der Waals surface area contributed by atoms with Crippen molar-refractivity contribution in [1.82, 2.24) is 0 Å². The molecule has 0 saturated carbocycles. The Hall–Kier alpha value is -1.03. The van der Waals surface area contributed by atoms with Crippen molar-refractivity contribution in [2.24, 2.45) is 5.92 Å². The van der Waals surface area contributed by atoms with Gasteiger partial charge in [-0.15, -0.1) is 0 Å². The van der Waals surface area contributed by atoms with Gasteiger partial charge in [0.15, 0.2) is 0 Å². The fourth-order valence-corrected chi connectivity index (χ4v) is 1.45. The molecule has 0 radical (unpaired) electrons. The highest BCUT2D eigenvalue weighted by atomic mass is 19.4. The lowest BCUT2D eigenvalue weighted by Gasteiger charge is -2.15. The average Bonchev–Trinajstić information content (AvgIpc) is 2.15. The van der Waals surface area contributed by atoms with Crippen LogP contribution in [0.15, 0.2) is 24.3 Å². The monoisotopic (exact) mass is 232 g/mol. The highest BCUT2D eigenvalue weighted by Gasteiger charge is 2.27. The van der Waals surface area contributed by atoms with E-state index in [1.807, 2.05) is 13.8 Å². The summed E-state index contributed by atoms with van der Waals surface area (Å²) in [6.45, 7) is 3.71. The Balaban J connectivity index is 2.76. The van der Waals surface area contributed by atoms with Crippen molar-refractivity contribution >= 4 is 0 Å². The number of rotatable bonds is 3. The first kappa shape index (κ1) is 13.0. The quantitative estimate of drug-likeness (QED) is 0.845. The van der Waals surface area contributed by atoms with Gasteiger partial charge in [-0.3, -0.25) is 0 Å². The molecule has 0 amide bonds. The molecular formula is C12H15F3O. The van der Waals surface area contributed by atoms with E-state index in [4.69, 9.17) is 0 Å². The Kier molecular flexibility index (Phi) is 3.97. The van der Waals surface area contributed by atoms with Gasteiger partial charge >= 0.3 is 6.18 Å². The summed E-state index contributed by atoms with van der Waals surface area (Å²) in [6.07, 6.45) is -5.73. The summed E-state index contributed by atoms with van der Waals surface area (Å²) in [5, 5.41) is 9.70. The van der Waals surface area contributed by atoms with Crippen LogP contribution in [-0.4, -0.2) is 11.3 Å². The summed E-state index contributed by atoms with van der Waals surface area (Å²) in [6, 6.07) is 5.92. The van der Waals surface area contributed by atoms with Gasteiger partial charge in [-0.1, -0.05) is 38.1 Å². The number of halogens is 3. The van der Waals surface area contributed by atoms with Crippen LogP contribution in [0, 0.1) is 5.92 Å². The first-order valence-corrected chi connectivity index (χ1v) is 5.13. The van der Waals surface area contributed by atoms with E-state index in [1.54, 1.807) is 12.1 Å². The van der Waals surface area contributed by atoms with Crippen LogP contribution < -0.4 is 0 Å². The first-order valence-electron chi connectivity index (χ1n) is 5.13. The lowest BCUT2D eigenvalue weighted by Crippen LogP contribution is -2.11. The van der Waals surface area contributed by atoms with Crippen LogP contribution in [0.1, 0.15) is 31.1 Å². The maximum absolute atomic E-state index is 12.1. The molecule has 4 heteroatoms. The summed E-state index contributed by atoms with van der Waals surface area (Å²) < 4.78 is 36.2. The largest absolute Gasteiger partial charge is 0.393 e. The number of hydrogen-bond donors (Lipinski definition) is 1. The van der Waals surface area contributed by atoms with Crippen molar-refractivity contribution in [3.05, 3.63) is 35.4 Å². The molecule has 0 aliphatic rings. The minimum atomic E-state index is -4.18. The molecule has 1 N–H and O–H groups in total. The molecule has 0 saturated heterocycles. The zero-order valence-corrected chi connectivity index (χ0v) is 9.25. The second-order valence-electron chi connectivity index (χ2n) is 4.22. The molecule has 1 nitrogen and oxygen atoms in total. The lowest BCUT2D eigenvalue weighted by molar-refractivity contribution is -0.127. The third-order valence-electron chi connectivity index (χ3n) is 2.36. The Bertz CT molecular complexity index is 327. The Morgan fingerprint density at radius 2 is 1.62 bits per heavy atom. The maximum Gasteiger partial charge on any atom is 0.393 e. The van der Waals surface area contributed by atoms with Gasteiger partial charge in [0.1, 0.15) is 0 Å². The summed E-state index contributed by atoms with van der Waals surface area (Å²) in [4.78, 5) is 0. The number of hydrogen-bond acceptors (Lipinski definition) is 1. The predicted octanol–water partition coefficient (Wildman–Crippen LogP) is 3.48. The van der Waals surface area contributed by atoms with Gasteiger partial charge in [-0.05, 0) is 17.0 Å². The molecule has 1 rings (SSSR count). The zero-order valence-electron chi connectivity index (χ0n) is 9.25. The van der Waals surface area contributed by atoms with Crippen LogP contribution in [0.2, 0.25) is 0 Å². The number of benzene rings is 1.